The zero-order valence-electron chi connectivity index (χ0n) is 12.1. The molecule has 2 atom stereocenters. The molecule has 1 unspecified atom stereocenters. The maximum absolute atomic E-state index is 12.0. The zero-order valence-corrected chi connectivity index (χ0v) is 12.1. The summed E-state index contributed by atoms with van der Waals surface area (Å²) in [5.41, 5.74) is 6.27. The van der Waals surface area contributed by atoms with Crippen molar-refractivity contribution in [2.45, 2.75) is 39.3 Å². The van der Waals surface area contributed by atoms with Gasteiger partial charge in [-0.25, -0.2) is 4.79 Å². The van der Waals surface area contributed by atoms with Crippen LogP contribution in [0, 0.1) is 5.41 Å². The normalized spacial score (nSPS) is 14.4. The van der Waals surface area contributed by atoms with Gasteiger partial charge in [0.2, 0.25) is 5.91 Å². The second-order valence-electron chi connectivity index (χ2n) is 5.93. The van der Waals surface area contributed by atoms with Gasteiger partial charge in [0.15, 0.2) is 0 Å². The molecule has 1 aromatic carbocycles. The number of aliphatic carboxylic acids is 1. The molecule has 0 spiro atoms. The van der Waals surface area contributed by atoms with Crippen LogP contribution in [0.4, 0.5) is 0 Å². The number of rotatable bonds is 5. The summed E-state index contributed by atoms with van der Waals surface area (Å²) in [6.07, 6.45) is 0.235. The predicted octanol–water partition coefficient (Wildman–Crippen LogP) is 1.17. The van der Waals surface area contributed by atoms with Crippen molar-refractivity contribution < 1.29 is 14.7 Å². The van der Waals surface area contributed by atoms with E-state index < -0.39 is 29.4 Å². The van der Waals surface area contributed by atoms with Crippen molar-refractivity contribution in [1.82, 2.24) is 5.32 Å². The SMILES string of the molecule is CC(C)(C)[C@@H](N)C(=O)NC(Cc1ccccc1)C(=O)O. The fraction of sp³-hybridized carbons (Fsp3) is 0.467. The Bertz CT molecular complexity index is 466. The van der Waals surface area contributed by atoms with Crippen molar-refractivity contribution >= 4 is 11.9 Å². The Morgan fingerprint density at radius 3 is 2.25 bits per heavy atom. The van der Waals surface area contributed by atoms with Gasteiger partial charge in [0, 0.05) is 6.42 Å². The Morgan fingerprint density at radius 2 is 1.80 bits per heavy atom. The summed E-state index contributed by atoms with van der Waals surface area (Å²) >= 11 is 0. The summed E-state index contributed by atoms with van der Waals surface area (Å²) in [6, 6.07) is 7.44. The molecule has 0 aliphatic carbocycles. The number of carboxylic acids is 1. The fourth-order valence-electron chi connectivity index (χ4n) is 1.70. The van der Waals surface area contributed by atoms with Crippen molar-refractivity contribution in [3.63, 3.8) is 0 Å². The second kappa shape index (κ2) is 6.52. The number of hydrogen-bond donors (Lipinski definition) is 3. The Labute approximate surface area is 119 Å². The third-order valence-electron chi connectivity index (χ3n) is 3.11. The average molecular weight is 278 g/mol. The maximum Gasteiger partial charge on any atom is 0.326 e. The molecule has 0 radical (unpaired) electrons. The summed E-state index contributed by atoms with van der Waals surface area (Å²) in [4.78, 5) is 23.3. The third-order valence-corrected chi connectivity index (χ3v) is 3.11. The van der Waals surface area contributed by atoms with E-state index in [4.69, 9.17) is 5.73 Å². The Morgan fingerprint density at radius 1 is 1.25 bits per heavy atom. The molecule has 110 valence electrons. The van der Waals surface area contributed by atoms with E-state index in [0.717, 1.165) is 5.56 Å². The van der Waals surface area contributed by atoms with Gasteiger partial charge < -0.3 is 16.2 Å². The van der Waals surface area contributed by atoms with Gasteiger partial charge in [-0.05, 0) is 11.0 Å². The van der Waals surface area contributed by atoms with E-state index in [1.54, 1.807) is 0 Å². The number of amides is 1. The summed E-state index contributed by atoms with van der Waals surface area (Å²) in [6.45, 7) is 5.51. The summed E-state index contributed by atoms with van der Waals surface area (Å²) in [7, 11) is 0. The van der Waals surface area contributed by atoms with Crippen LogP contribution in [0.2, 0.25) is 0 Å². The molecule has 4 N–H and O–H groups in total. The number of benzene rings is 1. The van der Waals surface area contributed by atoms with Gasteiger partial charge in [-0.15, -0.1) is 0 Å². The van der Waals surface area contributed by atoms with E-state index in [9.17, 15) is 14.7 Å². The third kappa shape index (κ3) is 4.66. The van der Waals surface area contributed by atoms with Crippen molar-refractivity contribution in [1.29, 1.82) is 0 Å². The van der Waals surface area contributed by atoms with Crippen LogP contribution in [0.3, 0.4) is 0 Å². The van der Waals surface area contributed by atoms with E-state index in [0.29, 0.717) is 0 Å². The molecule has 0 saturated heterocycles. The second-order valence-corrected chi connectivity index (χ2v) is 5.93. The van der Waals surface area contributed by atoms with Gasteiger partial charge in [-0.3, -0.25) is 4.79 Å². The average Bonchev–Trinajstić information content (AvgIpc) is 2.37. The highest BCUT2D eigenvalue weighted by atomic mass is 16.4. The molecule has 0 heterocycles. The van der Waals surface area contributed by atoms with Crippen molar-refractivity contribution in [2.75, 3.05) is 0 Å². The standard InChI is InChI=1S/C15H22N2O3/c1-15(2,3)12(16)13(18)17-11(14(19)20)9-10-7-5-4-6-8-10/h4-8,11-12H,9,16H2,1-3H3,(H,17,18)(H,19,20)/t11?,12-/m0/s1. The number of hydrogen-bond acceptors (Lipinski definition) is 3. The molecule has 0 aliphatic rings. The number of carbonyl (C=O) groups is 2. The lowest BCUT2D eigenvalue weighted by atomic mass is 9.86. The molecule has 0 aromatic heterocycles. The van der Waals surface area contributed by atoms with Gasteiger partial charge in [0.1, 0.15) is 6.04 Å². The Balaban J connectivity index is 2.74. The van der Waals surface area contributed by atoms with Crippen LogP contribution in [0.15, 0.2) is 30.3 Å². The summed E-state index contributed by atoms with van der Waals surface area (Å²) < 4.78 is 0. The van der Waals surface area contributed by atoms with Crippen LogP contribution in [-0.2, 0) is 16.0 Å². The lowest BCUT2D eigenvalue weighted by Crippen LogP contribution is -2.53. The minimum Gasteiger partial charge on any atom is -0.480 e. The maximum atomic E-state index is 12.0. The van der Waals surface area contributed by atoms with Crippen LogP contribution in [-0.4, -0.2) is 29.1 Å². The first-order chi connectivity index (χ1) is 9.21. The lowest BCUT2D eigenvalue weighted by molar-refractivity contribution is -0.142. The zero-order chi connectivity index (χ0) is 15.3. The monoisotopic (exact) mass is 278 g/mol. The molecular formula is C15H22N2O3. The minimum absolute atomic E-state index is 0.235. The molecule has 1 aromatic rings. The summed E-state index contributed by atoms with van der Waals surface area (Å²) in [5, 5.41) is 11.7. The predicted molar refractivity (Wildman–Crippen MR) is 77.1 cm³/mol. The number of nitrogens with one attached hydrogen (secondary N) is 1. The topological polar surface area (TPSA) is 92.4 Å². The van der Waals surface area contributed by atoms with E-state index in [1.807, 2.05) is 51.1 Å². The highest BCUT2D eigenvalue weighted by Crippen LogP contribution is 2.17. The van der Waals surface area contributed by atoms with Gasteiger partial charge in [-0.2, -0.15) is 0 Å². The van der Waals surface area contributed by atoms with Crippen molar-refractivity contribution in [3.05, 3.63) is 35.9 Å². The molecule has 20 heavy (non-hydrogen) atoms. The molecule has 5 heteroatoms. The number of carboxylic acid groups (broad SMARTS) is 1. The molecule has 0 aliphatic heterocycles. The van der Waals surface area contributed by atoms with Crippen molar-refractivity contribution in [2.24, 2.45) is 11.1 Å². The van der Waals surface area contributed by atoms with E-state index >= 15 is 0 Å². The number of carbonyl (C=O) groups excluding carboxylic acids is 1. The molecule has 1 rings (SSSR count). The van der Waals surface area contributed by atoms with Crippen LogP contribution >= 0.6 is 0 Å². The highest BCUT2D eigenvalue weighted by molar-refractivity contribution is 5.87. The fourth-order valence-corrected chi connectivity index (χ4v) is 1.70. The van der Waals surface area contributed by atoms with Gasteiger partial charge in [-0.1, -0.05) is 51.1 Å². The molecular weight excluding hydrogens is 256 g/mol. The first-order valence-electron chi connectivity index (χ1n) is 6.54. The first-order valence-corrected chi connectivity index (χ1v) is 6.54. The van der Waals surface area contributed by atoms with Gasteiger partial charge in [0.25, 0.3) is 0 Å². The smallest absolute Gasteiger partial charge is 0.326 e. The lowest BCUT2D eigenvalue weighted by Gasteiger charge is -2.27. The van der Waals surface area contributed by atoms with E-state index in [2.05, 4.69) is 5.32 Å². The van der Waals surface area contributed by atoms with E-state index in [-0.39, 0.29) is 6.42 Å². The van der Waals surface area contributed by atoms with Gasteiger partial charge >= 0.3 is 5.97 Å². The first kappa shape index (κ1) is 16.2. The van der Waals surface area contributed by atoms with Crippen LogP contribution in [0.25, 0.3) is 0 Å². The van der Waals surface area contributed by atoms with E-state index in [1.165, 1.54) is 0 Å². The Hall–Kier alpha value is -1.88. The quantitative estimate of drug-likeness (QED) is 0.754. The summed E-state index contributed by atoms with van der Waals surface area (Å²) in [5.74, 6) is -1.51. The Kier molecular flexibility index (Phi) is 5.27. The minimum atomic E-state index is -1.07. The molecule has 0 bridgehead atoms. The largest absolute Gasteiger partial charge is 0.480 e. The number of nitrogens with two attached hydrogens (primary N) is 1. The van der Waals surface area contributed by atoms with Crippen LogP contribution in [0.5, 0.6) is 0 Å². The van der Waals surface area contributed by atoms with Gasteiger partial charge in [0.05, 0.1) is 6.04 Å². The van der Waals surface area contributed by atoms with Crippen LogP contribution < -0.4 is 11.1 Å². The molecule has 1 amide bonds. The highest BCUT2D eigenvalue weighted by Gasteiger charge is 2.30. The molecule has 0 saturated carbocycles. The van der Waals surface area contributed by atoms with Crippen LogP contribution in [0.1, 0.15) is 26.3 Å². The van der Waals surface area contributed by atoms with Crippen molar-refractivity contribution in [3.8, 4) is 0 Å². The molecule has 0 fully saturated rings. The molecule has 5 nitrogen and oxygen atoms in total.